The normalized spacial score (nSPS) is 14.0. The third kappa shape index (κ3) is 21.7. The van der Waals surface area contributed by atoms with Gasteiger partial charge in [-0.2, -0.15) is 25.3 Å². The van der Waals surface area contributed by atoms with E-state index in [1.54, 1.807) is 0 Å². The number of carbonyl (C=O) groups is 3. The molecule has 0 aromatic heterocycles. The zero-order valence-corrected chi connectivity index (χ0v) is 37.5. The van der Waals surface area contributed by atoms with Gasteiger partial charge in [-0.05, 0) is 100.0 Å². The van der Waals surface area contributed by atoms with Gasteiger partial charge < -0.3 is 34.2 Å². The minimum absolute atomic E-state index is 0. The van der Waals surface area contributed by atoms with Crippen LogP contribution in [-0.2, 0) is 44.6 Å². The summed E-state index contributed by atoms with van der Waals surface area (Å²) in [6.45, 7) is 6.32. The van der Waals surface area contributed by atoms with Gasteiger partial charge in [0.05, 0.1) is 20.2 Å². The number of halogens is 1. The fourth-order valence-corrected chi connectivity index (χ4v) is 7.89. The predicted molar refractivity (Wildman–Crippen MR) is 245 cm³/mol. The van der Waals surface area contributed by atoms with Crippen molar-refractivity contribution < 1.29 is 81.7 Å². The summed E-state index contributed by atoms with van der Waals surface area (Å²) in [5, 5.41) is 0. The molecule has 0 aliphatic heterocycles. The molecule has 0 saturated carbocycles. The van der Waals surface area contributed by atoms with Gasteiger partial charge in [-0.3, -0.25) is 13.7 Å². The van der Waals surface area contributed by atoms with Crippen molar-refractivity contribution in [1.82, 2.24) is 0 Å². The van der Waals surface area contributed by atoms with Crippen molar-refractivity contribution in [3.8, 4) is 17.2 Å². The number of nitrogens with two attached hydrogens (primary N) is 1. The Balaban J connectivity index is 0. The van der Waals surface area contributed by atoms with E-state index in [2.05, 4.69) is 6.92 Å². The Kier molecular flexibility index (Phi) is 30.4. The molecule has 0 amide bonds. The third-order valence-corrected chi connectivity index (χ3v) is 12.4. The maximum absolute atomic E-state index is 13.2. The Morgan fingerprint density at radius 2 is 0.800 bits per heavy atom. The van der Waals surface area contributed by atoms with E-state index in [0.29, 0.717) is 12.8 Å². The number of ether oxygens (including phenoxy) is 6. The monoisotopic (exact) mass is 1030 g/mol. The Labute approximate surface area is 452 Å². The molecule has 3 aromatic rings. The molecule has 4 atom stereocenters. The summed E-state index contributed by atoms with van der Waals surface area (Å²) in [5.41, 5.74) is 5.22. The van der Waals surface area contributed by atoms with Gasteiger partial charge in [0.1, 0.15) is 35.6 Å². The van der Waals surface area contributed by atoms with E-state index in [9.17, 15) is 53.3 Å². The first-order valence-electron chi connectivity index (χ1n) is 19.1. The zero-order chi connectivity index (χ0) is 45.6. The molecule has 0 aliphatic carbocycles. The van der Waals surface area contributed by atoms with Gasteiger partial charge >= 0.3 is 107 Å². The Bertz CT molecular complexity index is 2180. The fourth-order valence-electron chi connectivity index (χ4n) is 6.45. The van der Waals surface area contributed by atoms with Gasteiger partial charge in [0.2, 0.25) is 0 Å². The molecule has 3 rings (SSSR count). The van der Waals surface area contributed by atoms with E-state index in [0.717, 1.165) is 111 Å². The van der Waals surface area contributed by atoms with Crippen LogP contribution >= 0.6 is 12.4 Å². The average Bonchev–Trinajstić information content (AvgIpc) is 3.16. The van der Waals surface area contributed by atoms with Crippen LogP contribution in [0.2, 0.25) is 0 Å². The molecule has 0 bridgehead atoms. The van der Waals surface area contributed by atoms with Crippen molar-refractivity contribution in [2.75, 3.05) is 0 Å². The van der Waals surface area contributed by atoms with Crippen LogP contribution in [0.1, 0.15) is 85.5 Å². The van der Waals surface area contributed by atoms with Crippen LogP contribution in [0.4, 0.5) is 14.4 Å². The zero-order valence-electron chi connectivity index (χ0n) is 34.3. The number of hydrogen-bond donors (Lipinski definition) is 4. The van der Waals surface area contributed by atoms with Crippen molar-refractivity contribution in [2.45, 2.75) is 124 Å². The number of rotatable bonds is 22. The Hall–Kier alpha value is -1.55. The van der Waals surface area contributed by atoms with Crippen LogP contribution < -0.4 is 19.9 Å². The maximum atomic E-state index is 13.2. The molecule has 3 aromatic carbocycles. The summed E-state index contributed by atoms with van der Waals surface area (Å²) in [6.07, 6.45) is -0.405. The van der Waals surface area contributed by atoms with Gasteiger partial charge in [-0.15, -0.1) is 12.4 Å². The molecule has 65 heavy (non-hydrogen) atoms. The van der Waals surface area contributed by atoms with Crippen molar-refractivity contribution in [3.63, 3.8) is 0 Å². The summed E-state index contributed by atoms with van der Waals surface area (Å²) in [4.78, 5) is 38.1. The van der Waals surface area contributed by atoms with Gasteiger partial charge in [0.15, 0.2) is 0 Å². The molecule has 352 valence electrons. The molecular formula is C39H55ClNNa3O18S3. The third-order valence-electron chi connectivity index (χ3n) is 9.78. The van der Waals surface area contributed by atoms with Crippen molar-refractivity contribution in [1.29, 1.82) is 0 Å². The molecule has 4 unspecified atom stereocenters. The first kappa shape index (κ1) is 65.5. The quantitative estimate of drug-likeness (QED) is 0.0229. The van der Waals surface area contributed by atoms with E-state index in [-0.39, 0.29) is 125 Å². The number of benzene rings is 3. The van der Waals surface area contributed by atoms with E-state index >= 15 is 0 Å². The minimum atomic E-state index is -4.55. The molecule has 0 heterocycles. The second-order valence-electron chi connectivity index (χ2n) is 14.1. The first-order chi connectivity index (χ1) is 28.4. The molecule has 26 heteroatoms. The molecule has 5 N–H and O–H groups in total. The molecule has 0 saturated heterocycles. The van der Waals surface area contributed by atoms with E-state index < -0.39 is 93.3 Å². The number of unbranched alkanes of at least 4 members (excludes halogenated alkanes) is 7. The average molecular weight is 1030 g/mol. The number of carbonyl (C=O) groups excluding carboxylic acids is 3. The van der Waals surface area contributed by atoms with Crippen molar-refractivity contribution in [3.05, 3.63) is 72.8 Å². The first-order valence-corrected chi connectivity index (χ1v) is 23.4. The number of hydrogen-bond acceptors (Lipinski definition) is 16. The second-order valence-corrected chi connectivity index (χ2v) is 18.4. The van der Waals surface area contributed by atoms with Crippen molar-refractivity contribution >= 4 is 150 Å². The molecule has 0 spiro atoms. The van der Waals surface area contributed by atoms with Crippen LogP contribution in [0.15, 0.2) is 87.5 Å². The van der Waals surface area contributed by atoms with E-state index in [1.165, 1.54) is 20.8 Å². The van der Waals surface area contributed by atoms with Gasteiger partial charge in [-0.1, -0.05) is 58.3 Å². The molecule has 0 radical (unpaired) electrons. The molecule has 0 aliphatic rings. The van der Waals surface area contributed by atoms with Gasteiger partial charge in [-0.25, -0.2) is 14.4 Å². The summed E-state index contributed by atoms with van der Waals surface area (Å²) < 4.78 is 129. The molecular weight excluding hydrogens is 971 g/mol. The predicted octanol–water partition coefficient (Wildman–Crippen LogP) is 5.86. The Morgan fingerprint density at radius 1 is 0.523 bits per heavy atom. The van der Waals surface area contributed by atoms with E-state index in [1.807, 2.05) is 0 Å². The second kappa shape index (κ2) is 30.1. The summed E-state index contributed by atoms with van der Waals surface area (Å²) in [7, 11) is -13.6. The summed E-state index contributed by atoms with van der Waals surface area (Å²) in [6, 6.07) is 12.5. The fraction of sp³-hybridized carbons (Fsp3) is 0.462. The van der Waals surface area contributed by atoms with Crippen LogP contribution in [0.25, 0.3) is 0 Å². The van der Waals surface area contributed by atoms with Gasteiger partial charge in [0.25, 0.3) is 30.4 Å². The SMILES string of the molecule is CCCCCCCCCCC(C(C)OC(=O)Oc1ccc(S(=O)(=O)O)cc1)C(N)(C(C)OC(=O)Oc1ccc(S(=O)(=O)O)cc1)C(C)OC(=O)Oc1ccc(S(=O)(=O)O)cc1.Cl.[NaH].[NaH].[NaH]. The standard InChI is InChI=1S/C39H51NO18S3.ClH.3Na.3H/c1-5-6-7-8-9-10-11-12-13-35(26(2)53-36(41)56-29-14-20-32(21-15-29)59(44,45)46)39(40,27(3)54-37(42)57-30-16-22-33(23-17-30)60(47,48)49)28(4)55-38(43)58-31-18-24-34(25-19-31)61(50,51)52;;;;;;;/h14-28,35H,5-13,40H2,1-4H3,(H,44,45,46)(H,47,48,49)(H,50,51,52);1H;;;;;;. The Morgan fingerprint density at radius 3 is 1.09 bits per heavy atom. The van der Waals surface area contributed by atoms with Crippen LogP contribution in [0.5, 0.6) is 17.2 Å². The van der Waals surface area contributed by atoms with Crippen LogP contribution in [0, 0.1) is 5.92 Å². The summed E-state index contributed by atoms with van der Waals surface area (Å²) >= 11 is 0. The van der Waals surface area contributed by atoms with Gasteiger partial charge in [0, 0.05) is 5.92 Å². The van der Waals surface area contributed by atoms with Crippen LogP contribution in [-0.4, -0.2) is 170 Å². The van der Waals surface area contributed by atoms with E-state index in [4.69, 9.17) is 34.2 Å². The van der Waals surface area contributed by atoms with Crippen LogP contribution in [0.3, 0.4) is 0 Å². The topological polar surface area (TPSA) is 296 Å². The summed E-state index contributed by atoms with van der Waals surface area (Å²) in [5.74, 6) is -1.51. The molecule has 0 fully saturated rings. The van der Waals surface area contributed by atoms with Crippen molar-refractivity contribution in [2.24, 2.45) is 11.7 Å². The molecule has 19 nitrogen and oxygen atoms in total.